The third-order valence-corrected chi connectivity index (χ3v) is 5.05. The van der Waals surface area contributed by atoms with Gasteiger partial charge in [-0.15, -0.1) is 0 Å². The molecule has 9 nitrogen and oxygen atoms in total. The number of carbonyl (C=O) groups excluding carboxylic acids is 1. The number of rotatable bonds is 4. The molecule has 3 heterocycles. The Morgan fingerprint density at radius 2 is 2.19 bits per heavy atom. The summed E-state index contributed by atoms with van der Waals surface area (Å²) in [7, 11) is 0. The lowest BCUT2D eigenvalue weighted by Crippen LogP contribution is -2.49. The minimum Gasteiger partial charge on any atom is -0.444 e. The van der Waals surface area contributed by atoms with Crippen molar-refractivity contribution in [2.75, 3.05) is 18.0 Å². The van der Waals surface area contributed by atoms with E-state index >= 15 is 0 Å². The molecule has 0 bridgehead atoms. The number of fused-ring (bicyclic) bond motifs is 1. The standard InChI is InChI=1S/C22H30N6O3/c1-14(2)8-10-28-18-17(24-13-25-19(18)29)16(11-23)20(28)27-9-6-7-15(12-27)26-21(30)31-22(3,4)5/h8,13,15H,6-7,9-10,12H2,1-5H3,(H,26,30)(H,24,25,29). The van der Waals surface area contributed by atoms with Gasteiger partial charge in [0.1, 0.15) is 34.1 Å². The van der Waals surface area contributed by atoms with Crippen LogP contribution in [-0.4, -0.2) is 45.4 Å². The van der Waals surface area contributed by atoms with Gasteiger partial charge in [0.05, 0.1) is 6.33 Å². The summed E-state index contributed by atoms with van der Waals surface area (Å²) in [4.78, 5) is 33.8. The van der Waals surface area contributed by atoms with Crippen molar-refractivity contribution in [1.29, 1.82) is 5.26 Å². The highest BCUT2D eigenvalue weighted by atomic mass is 16.6. The van der Waals surface area contributed by atoms with Gasteiger partial charge in [-0.05, 0) is 47.5 Å². The van der Waals surface area contributed by atoms with Gasteiger partial charge in [-0.25, -0.2) is 9.78 Å². The maximum absolute atomic E-state index is 12.6. The quantitative estimate of drug-likeness (QED) is 0.726. The van der Waals surface area contributed by atoms with Crippen LogP contribution in [0.5, 0.6) is 0 Å². The van der Waals surface area contributed by atoms with Crippen LogP contribution in [0, 0.1) is 11.3 Å². The van der Waals surface area contributed by atoms with E-state index in [1.54, 1.807) is 0 Å². The topological polar surface area (TPSA) is 116 Å². The van der Waals surface area contributed by atoms with E-state index in [0.29, 0.717) is 42.0 Å². The van der Waals surface area contributed by atoms with Crippen LogP contribution in [-0.2, 0) is 11.3 Å². The van der Waals surface area contributed by atoms with E-state index in [9.17, 15) is 14.9 Å². The smallest absolute Gasteiger partial charge is 0.407 e. The maximum atomic E-state index is 12.6. The van der Waals surface area contributed by atoms with E-state index in [2.05, 4.69) is 26.3 Å². The molecule has 0 aliphatic carbocycles. The number of anilines is 1. The molecule has 31 heavy (non-hydrogen) atoms. The summed E-state index contributed by atoms with van der Waals surface area (Å²) >= 11 is 0. The first-order valence-electron chi connectivity index (χ1n) is 10.5. The predicted octanol–water partition coefficient (Wildman–Crippen LogP) is 3.06. The van der Waals surface area contributed by atoms with Gasteiger partial charge in [0.25, 0.3) is 5.56 Å². The number of hydrogen-bond acceptors (Lipinski definition) is 6. The average molecular weight is 427 g/mol. The Labute approximate surface area is 181 Å². The number of allylic oxidation sites excluding steroid dienone is 2. The van der Waals surface area contributed by atoms with Gasteiger partial charge in [-0.3, -0.25) is 4.79 Å². The molecule has 0 spiro atoms. The van der Waals surface area contributed by atoms with Crippen molar-refractivity contribution in [2.45, 2.75) is 65.6 Å². The van der Waals surface area contributed by atoms with E-state index in [1.807, 2.05) is 45.3 Å². The second-order valence-electron chi connectivity index (χ2n) is 9.06. The van der Waals surface area contributed by atoms with Crippen molar-refractivity contribution in [3.8, 4) is 6.07 Å². The van der Waals surface area contributed by atoms with Crippen LogP contribution < -0.4 is 15.8 Å². The lowest BCUT2D eigenvalue weighted by molar-refractivity contribution is 0.0500. The lowest BCUT2D eigenvalue weighted by atomic mass is 10.1. The number of carbonyl (C=O) groups is 1. The number of nitrogens with zero attached hydrogens (tertiary/aromatic N) is 4. The second-order valence-corrected chi connectivity index (χ2v) is 9.06. The number of H-pyrrole nitrogens is 1. The molecule has 0 saturated carbocycles. The molecule has 1 fully saturated rings. The van der Waals surface area contributed by atoms with Gasteiger partial charge in [0.2, 0.25) is 0 Å². The van der Waals surface area contributed by atoms with Crippen LogP contribution >= 0.6 is 0 Å². The van der Waals surface area contributed by atoms with Crippen LogP contribution in [0.2, 0.25) is 0 Å². The zero-order valence-corrected chi connectivity index (χ0v) is 18.8. The van der Waals surface area contributed by atoms with E-state index in [1.165, 1.54) is 6.33 Å². The molecule has 2 N–H and O–H groups in total. The van der Waals surface area contributed by atoms with Crippen molar-refractivity contribution >= 4 is 22.9 Å². The van der Waals surface area contributed by atoms with Gasteiger partial charge < -0.3 is 24.5 Å². The number of ether oxygens (including phenoxy) is 1. The van der Waals surface area contributed by atoms with Gasteiger partial charge in [-0.1, -0.05) is 11.6 Å². The molecular weight excluding hydrogens is 396 g/mol. The lowest BCUT2D eigenvalue weighted by Gasteiger charge is -2.35. The van der Waals surface area contributed by atoms with Crippen molar-refractivity contribution in [1.82, 2.24) is 19.9 Å². The molecule has 1 unspecified atom stereocenters. The van der Waals surface area contributed by atoms with Gasteiger partial charge in [-0.2, -0.15) is 5.26 Å². The molecule has 166 valence electrons. The van der Waals surface area contributed by atoms with Crippen molar-refractivity contribution < 1.29 is 9.53 Å². The fraction of sp³-hybridized carbons (Fsp3) is 0.545. The zero-order chi connectivity index (χ0) is 22.8. The van der Waals surface area contributed by atoms with E-state index in [4.69, 9.17) is 4.74 Å². The molecule has 1 atom stereocenters. The Balaban J connectivity index is 1.99. The first-order valence-corrected chi connectivity index (χ1v) is 10.5. The van der Waals surface area contributed by atoms with Crippen LogP contribution in [0.1, 0.15) is 53.0 Å². The molecule has 0 aromatic carbocycles. The Morgan fingerprint density at radius 3 is 2.84 bits per heavy atom. The van der Waals surface area contributed by atoms with E-state index in [0.717, 1.165) is 18.4 Å². The highest BCUT2D eigenvalue weighted by Gasteiger charge is 2.30. The number of alkyl carbamates (subject to hydrolysis) is 1. The van der Waals surface area contributed by atoms with Crippen molar-refractivity contribution in [3.05, 3.63) is 33.9 Å². The third-order valence-electron chi connectivity index (χ3n) is 5.05. The number of nitriles is 1. The molecule has 1 amide bonds. The molecule has 2 aromatic rings. The molecule has 3 rings (SSSR count). The Hall–Kier alpha value is -3.28. The summed E-state index contributed by atoms with van der Waals surface area (Å²) in [5, 5.41) is 12.9. The van der Waals surface area contributed by atoms with Crippen LogP contribution in [0.3, 0.4) is 0 Å². The number of aromatic nitrogens is 3. The van der Waals surface area contributed by atoms with Gasteiger partial charge in [0, 0.05) is 25.7 Å². The summed E-state index contributed by atoms with van der Waals surface area (Å²) in [5.74, 6) is 0.662. The van der Waals surface area contributed by atoms with Crippen LogP contribution in [0.15, 0.2) is 22.8 Å². The Morgan fingerprint density at radius 1 is 1.45 bits per heavy atom. The number of aromatic amines is 1. The molecule has 9 heteroatoms. The molecule has 1 saturated heterocycles. The molecule has 2 aromatic heterocycles. The Kier molecular flexibility index (Phi) is 6.39. The monoisotopic (exact) mass is 426 g/mol. The summed E-state index contributed by atoms with van der Waals surface area (Å²) in [5.41, 5.74) is 1.40. The van der Waals surface area contributed by atoms with E-state index in [-0.39, 0.29) is 11.6 Å². The van der Waals surface area contributed by atoms with Crippen LogP contribution in [0.4, 0.5) is 10.6 Å². The highest BCUT2D eigenvalue weighted by Crippen LogP contribution is 2.31. The largest absolute Gasteiger partial charge is 0.444 e. The molecule has 0 radical (unpaired) electrons. The minimum atomic E-state index is -0.574. The summed E-state index contributed by atoms with van der Waals surface area (Å²) in [6.07, 6.45) is 4.52. The number of amides is 1. The second kappa shape index (κ2) is 8.84. The predicted molar refractivity (Wildman–Crippen MR) is 119 cm³/mol. The van der Waals surface area contributed by atoms with Gasteiger partial charge >= 0.3 is 6.09 Å². The first-order chi connectivity index (χ1) is 14.6. The summed E-state index contributed by atoms with van der Waals surface area (Å²) in [6.45, 7) is 11.1. The van der Waals surface area contributed by atoms with Crippen molar-refractivity contribution in [3.63, 3.8) is 0 Å². The number of piperidine rings is 1. The molecular formula is C22H30N6O3. The zero-order valence-electron chi connectivity index (χ0n) is 18.8. The fourth-order valence-corrected chi connectivity index (χ4v) is 3.82. The summed E-state index contributed by atoms with van der Waals surface area (Å²) < 4.78 is 7.24. The van der Waals surface area contributed by atoms with Crippen molar-refractivity contribution in [2.24, 2.45) is 0 Å². The highest BCUT2D eigenvalue weighted by molar-refractivity contribution is 5.89. The number of hydrogen-bond donors (Lipinski definition) is 2. The SMILES string of the molecule is CC(C)=CCn1c(N2CCCC(NC(=O)OC(C)(C)C)C2)c(C#N)c2nc[nH]c(=O)c21. The number of nitrogens with one attached hydrogen (secondary N) is 2. The summed E-state index contributed by atoms with van der Waals surface area (Å²) in [6, 6.07) is 2.12. The van der Waals surface area contributed by atoms with Crippen LogP contribution in [0.25, 0.3) is 11.0 Å². The fourth-order valence-electron chi connectivity index (χ4n) is 3.82. The molecule has 1 aliphatic heterocycles. The van der Waals surface area contributed by atoms with Gasteiger partial charge in [0.15, 0.2) is 0 Å². The minimum absolute atomic E-state index is 0.128. The third kappa shape index (κ3) is 5.08. The maximum Gasteiger partial charge on any atom is 0.407 e. The Bertz CT molecular complexity index is 1100. The first kappa shape index (κ1) is 22.4. The molecule has 1 aliphatic rings. The average Bonchev–Trinajstić information content (AvgIpc) is 2.99. The normalized spacial score (nSPS) is 16.6. The van der Waals surface area contributed by atoms with E-state index < -0.39 is 11.7 Å².